The van der Waals surface area contributed by atoms with Gasteiger partial charge in [-0.2, -0.15) is 0 Å². The number of anilines is 1. The molecule has 1 atom stereocenters. The molecule has 24 heavy (non-hydrogen) atoms. The van der Waals surface area contributed by atoms with E-state index in [4.69, 9.17) is 0 Å². The first-order valence-electron chi connectivity index (χ1n) is 8.09. The summed E-state index contributed by atoms with van der Waals surface area (Å²) in [6.07, 6.45) is 2.70. The number of nitrogens with zero attached hydrogens (tertiary/aromatic N) is 1. The summed E-state index contributed by atoms with van der Waals surface area (Å²) in [4.78, 5) is 26.9. The standard InChI is InChI=1S/C17H19F3N2O2/c1-10-3-2-8-22(9-10)16(24)17(6-7-17)15(23)21-12-5-4-11(18)13(19)14(12)20/h4-5,10H,2-3,6-9H2,1H3,(H,21,23). The van der Waals surface area contributed by atoms with E-state index in [-0.39, 0.29) is 5.91 Å². The Morgan fingerprint density at radius 2 is 1.92 bits per heavy atom. The number of benzene rings is 1. The summed E-state index contributed by atoms with van der Waals surface area (Å²) in [5.74, 6) is -4.97. The van der Waals surface area contributed by atoms with Gasteiger partial charge in [-0.1, -0.05) is 6.92 Å². The van der Waals surface area contributed by atoms with Gasteiger partial charge < -0.3 is 10.2 Å². The Morgan fingerprint density at radius 1 is 1.21 bits per heavy atom. The lowest BCUT2D eigenvalue weighted by molar-refractivity contribution is -0.143. The van der Waals surface area contributed by atoms with Gasteiger partial charge in [0.2, 0.25) is 11.8 Å². The molecule has 1 aliphatic carbocycles. The largest absolute Gasteiger partial charge is 0.342 e. The van der Waals surface area contributed by atoms with Gasteiger partial charge in [0.05, 0.1) is 5.69 Å². The van der Waals surface area contributed by atoms with E-state index in [0.29, 0.717) is 31.8 Å². The Kier molecular flexibility index (Phi) is 4.27. The number of amides is 2. The highest BCUT2D eigenvalue weighted by atomic mass is 19.2. The average molecular weight is 340 g/mol. The highest BCUT2D eigenvalue weighted by Crippen LogP contribution is 2.48. The van der Waals surface area contributed by atoms with Crippen LogP contribution in [0.4, 0.5) is 18.9 Å². The predicted octanol–water partition coefficient (Wildman–Crippen LogP) is 3.08. The fraction of sp³-hybridized carbons (Fsp3) is 0.529. The topological polar surface area (TPSA) is 49.4 Å². The van der Waals surface area contributed by atoms with Crippen LogP contribution in [0.3, 0.4) is 0 Å². The molecule has 4 nitrogen and oxygen atoms in total. The van der Waals surface area contributed by atoms with Crippen molar-refractivity contribution in [2.45, 2.75) is 32.6 Å². The maximum absolute atomic E-state index is 13.7. The van der Waals surface area contributed by atoms with Crippen molar-refractivity contribution in [3.63, 3.8) is 0 Å². The molecule has 3 rings (SSSR count). The Morgan fingerprint density at radius 3 is 2.54 bits per heavy atom. The molecular formula is C17H19F3N2O2. The van der Waals surface area contributed by atoms with Crippen LogP contribution in [-0.2, 0) is 9.59 Å². The SMILES string of the molecule is CC1CCCN(C(=O)C2(C(=O)Nc3ccc(F)c(F)c3F)CC2)C1. The van der Waals surface area contributed by atoms with Crippen LogP contribution in [0.15, 0.2) is 12.1 Å². The molecule has 0 radical (unpaired) electrons. The fourth-order valence-corrected chi connectivity index (χ4v) is 3.20. The minimum atomic E-state index is -1.64. The third-order valence-corrected chi connectivity index (χ3v) is 4.82. The van der Waals surface area contributed by atoms with Crippen LogP contribution in [0.25, 0.3) is 0 Å². The van der Waals surface area contributed by atoms with Gasteiger partial charge >= 0.3 is 0 Å². The number of piperidine rings is 1. The number of carbonyl (C=O) groups excluding carboxylic acids is 2. The van der Waals surface area contributed by atoms with Gasteiger partial charge in [0, 0.05) is 13.1 Å². The zero-order valence-electron chi connectivity index (χ0n) is 13.4. The first-order chi connectivity index (χ1) is 11.3. The van der Waals surface area contributed by atoms with Gasteiger partial charge in [0.15, 0.2) is 17.5 Å². The highest BCUT2D eigenvalue weighted by Gasteiger charge is 2.58. The van der Waals surface area contributed by atoms with Crippen LogP contribution in [0.2, 0.25) is 0 Å². The molecule has 0 aromatic heterocycles. The van der Waals surface area contributed by atoms with Gasteiger partial charge in [0.25, 0.3) is 0 Å². The van der Waals surface area contributed by atoms with E-state index in [1.54, 1.807) is 4.90 Å². The van der Waals surface area contributed by atoms with Crippen molar-refractivity contribution in [2.75, 3.05) is 18.4 Å². The predicted molar refractivity (Wildman–Crippen MR) is 81.6 cm³/mol. The average Bonchev–Trinajstić information content (AvgIpc) is 3.36. The van der Waals surface area contributed by atoms with E-state index < -0.39 is 34.5 Å². The number of nitrogens with one attached hydrogen (secondary N) is 1. The molecular weight excluding hydrogens is 321 g/mol. The van der Waals surface area contributed by atoms with E-state index in [2.05, 4.69) is 12.2 Å². The maximum atomic E-state index is 13.7. The second-order valence-corrected chi connectivity index (χ2v) is 6.76. The molecule has 2 aliphatic rings. The first-order valence-corrected chi connectivity index (χ1v) is 8.09. The van der Waals surface area contributed by atoms with Crippen LogP contribution < -0.4 is 5.32 Å². The van der Waals surface area contributed by atoms with Crippen LogP contribution in [0.1, 0.15) is 32.6 Å². The minimum Gasteiger partial charge on any atom is -0.342 e. The summed E-state index contributed by atoms with van der Waals surface area (Å²) in [7, 11) is 0. The lowest BCUT2D eigenvalue weighted by atomic mass is 9.96. The molecule has 1 heterocycles. The molecule has 130 valence electrons. The summed E-state index contributed by atoms with van der Waals surface area (Å²) < 4.78 is 39.9. The minimum absolute atomic E-state index is 0.255. The number of rotatable bonds is 3. The first kappa shape index (κ1) is 16.8. The van der Waals surface area contributed by atoms with Crippen molar-refractivity contribution >= 4 is 17.5 Å². The van der Waals surface area contributed by atoms with E-state index >= 15 is 0 Å². The van der Waals surface area contributed by atoms with Gasteiger partial charge in [-0.05, 0) is 43.7 Å². The Labute approximate surface area is 138 Å². The van der Waals surface area contributed by atoms with Gasteiger partial charge in [-0.3, -0.25) is 9.59 Å². The number of hydrogen-bond acceptors (Lipinski definition) is 2. The number of halogens is 3. The lowest BCUT2D eigenvalue weighted by Gasteiger charge is -2.33. The molecule has 1 unspecified atom stereocenters. The van der Waals surface area contributed by atoms with Crippen LogP contribution in [0, 0.1) is 28.8 Å². The summed E-state index contributed by atoms with van der Waals surface area (Å²) in [6.45, 7) is 3.26. The molecule has 0 spiro atoms. The maximum Gasteiger partial charge on any atom is 0.240 e. The second kappa shape index (κ2) is 6.11. The van der Waals surface area contributed by atoms with E-state index in [1.165, 1.54) is 0 Å². The third-order valence-electron chi connectivity index (χ3n) is 4.82. The van der Waals surface area contributed by atoms with Crippen molar-refractivity contribution in [1.82, 2.24) is 4.90 Å². The Balaban J connectivity index is 1.75. The smallest absolute Gasteiger partial charge is 0.240 e. The zero-order valence-corrected chi connectivity index (χ0v) is 13.4. The van der Waals surface area contributed by atoms with Crippen LogP contribution in [0.5, 0.6) is 0 Å². The molecule has 0 bridgehead atoms. The Bertz CT molecular complexity index is 689. The molecule has 2 amide bonds. The Hall–Kier alpha value is -2.05. The summed E-state index contributed by atoms with van der Waals surface area (Å²) in [5.41, 5.74) is -1.65. The summed E-state index contributed by atoms with van der Waals surface area (Å²) >= 11 is 0. The van der Waals surface area contributed by atoms with Crippen LogP contribution >= 0.6 is 0 Å². The van der Waals surface area contributed by atoms with E-state index in [1.807, 2.05) is 0 Å². The van der Waals surface area contributed by atoms with E-state index in [0.717, 1.165) is 25.0 Å². The zero-order chi connectivity index (χ0) is 17.5. The molecule has 1 aliphatic heterocycles. The monoisotopic (exact) mass is 340 g/mol. The van der Waals surface area contributed by atoms with Crippen molar-refractivity contribution in [3.8, 4) is 0 Å². The number of carbonyl (C=O) groups is 2. The number of likely N-dealkylation sites (tertiary alicyclic amines) is 1. The van der Waals surface area contributed by atoms with Crippen molar-refractivity contribution in [3.05, 3.63) is 29.6 Å². The van der Waals surface area contributed by atoms with Gasteiger partial charge in [0.1, 0.15) is 5.41 Å². The van der Waals surface area contributed by atoms with Crippen LogP contribution in [-0.4, -0.2) is 29.8 Å². The van der Waals surface area contributed by atoms with Gasteiger partial charge in [-0.25, -0.2) is 13.2 Å². The van der Waals surface area contributed by atoms with Crippen molar-refractivity contribution < 1.29 is 22.8 Å². The third kappa shape index (κ3) is 2.87. The number of hydrogen-bond donors (Lipinski definition) is 1. The van der Waals surface area contributed by atoms with Gasteiger partial charge in [-0.15, -0.1) is 0 Å². The molecule has 7 heteroatoms. The highest BCUT2D eigenvalue weighted by molar-refractivity contribution is 6.13. The molecule has 1 aromatic rings. The quantitative estimate of drug-likeness (QED) is 0.679. The fourth-order valence-electron chi connectivity index (χ4n) is 3.20. The van der Waals surface area contributed by atoms with E-state index in [9.17, 15) is 22.8 Å². The summed E-state index contributed by atoms with van der Waals surface area (Å²) in [6, 6.07) is 1.69. The normalized spacial score (nSPS) is 22.2. The molecule has 2 fully saturated rings. The molecule has 1 aromatic carbocycles. The second-order valence-electron chi connectivity index (χ2n) is 6.76. The lowest BCUT2D eigenvalue weighted by Crippen LogP contribution is -2.46. The molecule has 1 saturated heterocycles. The molecule has 1 N–H and O–H groups in total. The summed E-state index contributed by atoms with van der Waals surface area (Å²) in [5, 5.41) is 2.24. The van der Waals surface area contributed by atoms with Crippen molar-refractivity contribution in [2.24, 2.45) is 11.3 Å². The van der Waals surface area contributed by atoms with Crippen molar-refractivity contribution in [1.29, 1.82) is 0 Å². The molecule has 1 saturated carbocycles.